The third kappa shape index (κ3) is 3.76. The van der Waals surface area contributed by atoms with Gasteiger partial charge < -0.3 is 5.32 Å². The zero-order chi connectivity index (χ0) is 12.8. The van der Waals surface area contributed by atoms with Gasteiger partial charge in [-0.1, -0.05) is 24.3 Å². The average molecular weight is 228 g/mol. The molecule has 0 unspecified atom stereocenters. The Balaban J connectivity index is 3.00. The molecule has 0 aliphatic rings. The van der Waals surface area contributed by atoms with Gasteiger partial charge in [-0.2, -0.15) is 5.26 Å². The van der Waals surface area contributed by atoms with Crippen LogP contribution in [0.2, 0.25) is 0 Å². The maximum absolute atomic E-state index is 11.7. The van der Waals surface area contributed by atoms with Crippen molar-refractivity contribution in [1.29, 1.82) is 5.26 Å². The number of nitrogens with one attached hydrogen (secondary N) is 1. The molecule has 0 bridgehead atoms. The summed E-state index contributed by atoms with van der Waals surface area (Å²) in [4.78, 5) is 11.7. The molecule has 1 aromatic rings. The number of rotatable bonds is 3. The van der Waals surface area contributed by atoms with Gasteiger partial charge in [0.2, 0.25) is 0 Å². The minimum atomic E-state index is -0.328. The van der Waals surface area contributed by atoms with Crippen molar-refractivity contribution in [2.24, 2.45) is 0 Å². The number of aryl methyl sites for hydroxylation is 1. The Morgan fingerprint density at radius 3 is 2.59 bits per heavy atom. The maximum Gasteiger partial charge on any atom is 0.262 e. The van der Waals surface area contributed by atoms with Crippen LogP contribution >= 0.6 is 0 Å². The standard InChI is InChI=1S/C14H16N2O/c1-10(2)16-14(17)13(9-15)8-12-7-5-4-6-11(12)3/h4-8,10H,1-3H3,(H,16,17)/b13-8-. The Bertz CT molecular complexity index is 481. The number of carbonyl (C=O) groups excluding carboxylic acids is 1. The van der Waals surface area contributed by atoms with Crippen molar-refractivity contribution in [1.82, 2.24) is 5.32 Å². The van der Waals surface area contributed by atoms with Crippen LogP contribution < -0.4 is 5.32 Å². The molecule has 1 N–H and O–H groups in total. The maximum atomic E-state index is 11.7. The van der Waals surface area contributed by atoms with Crippen LogP contribution in [0.1, 0.15) is 25.0 Å². The largest absolute Gasteiger partial charge is 0.349 e. The van der Waals surface area contributed by atoms with Crippen LogP contribution in [0.25, 0.3) is 6.08 Å². The van der Waals surface area contributed by atoms with Crippen LogP contribution in [0.5, 0.6) is 0 Å². The fourth-order valence-corrected chi connectivity index (χ4v) is 1.39. The zero-order valence-electron chi connectivity index (χ0n) is 10.3. The van der Waals surface area contributed by atoms with E-state index in [0.717, 1.165) is 11.1 Å². The molecule has 0 aromatic heterocycles. The minimum Gasteiger partial charge on any atom is -0.349 e. The third-order valence-electron chi connectivity index (χ3n) is 2.27. The summed E-state index contributed by atoms with van der Waals surface area (Å²) in [5, 5.41) is 11.7. The molecule has 1 rings (SSSR count). The zero-order valence-corrected chi connectivity index (χ0v) is 10.3. The highest BCUT2D eigenvalue weighted by Crippen LogP contribution is 2.11. The predicted molar refractivity (Wildman–Crippen MR) is 68.0 cm³/mol. The number of hydrogen-bond acceptors (Lipinski definition) is 2. The summed E-state index contributed by atoms with van der Waals surface area (Å²) in [7, 11) is 0. The second-order valence-corrected chi connectivity index (χ2v) is 4.15. The molecule has 0 aliphatic heterocycles. The van der Waals surface area contributed by atoms with E-state index >= 15 is 0 Å². The van der Waals surface area contributed by atoms with Gasteiger partial charge >= 0.3 is 0 Å². The van der Waals surface area contributed by atoms with Gasteiger partial charge in [-0.15, -0.1) is 0 Å². The Hall–Kier alpha value is -2.08. The number of hydrogen-bond donors (Lipinski definition) is 1. The lowest BCUT2D eigenvalue weighted by Crippen LogP contribution is -2.30. The summed E-state index contributed by atoms with van der Waals surface area (Å²) >= 11 is 0. The monoisotopic (exact) mass is 228 g/mol. The van der Waals surface area contributed by atoms with Crippen LogP contribution in [0, 0.1) is 18.3 Å². The number of nitrogens with zero attached hydrogens (tertiary/aromatic N) is 1. The van der Waals surface area contributed by atoms with Crippen LogP contribution in [-0.2, 0) is 4.79 Å². The molecule has 0 fully saturated rings. The minimum absolute atomic E-state index is 0.0242. The summed E-state index contributed by atoms with van der Waals surface area (Å²) < 4.78 is 0. The van der Waals surface area contributed by atoms with Crippen molar-refractivity contribution in [2.75, 3.05) is 0 Å². The second-order valence-electron chi connectivity index (χ2n) is 4.15. The van der Waals surface area contributed by atoms with E-state index in [1.165, 1.54) is 0 Å². The molecule has 3 heteroatoms. The van der Waals surface area contributed by atoms with Gasteiger partial charge in [0.25, 0.3) is 5.91 Å². The lowest BCUT2D eigenvalue weighted by atomic mass is 10.1. The van der Waals surface area contributed by atoms with Crippen LogP contribution in [0.3, 0.4) is 0 Å². The van der Waals surface area contributed by atoms with Crippen LogP contribution in [0.4, 0.5) is 0 Å². The van der Waals surface area contributed by atoms with Gasteiger partial charge in [0.1, 0.15) is 11.6 Å². The smallest absolute Gasteiger partial charge is 0.262 e. The highest BCUT2D eigenvalue weighted by molar-refractivity contribution is 6.01. The normalized spacial score (nSPS) is 11.1. The fourth-order valence-electron chi connectivity index (χ4n) is 1.39. The molecule has 0 radical (unpaired) electrons. The second kappa shape index (κ2) is 5.86. The van der Waals surface area contributed by atoms with Crippen molar-refractivity contribution in [3.05, 3.63) is 41.0 Å². The molecule has 0 saturated carbocycles. The van der Waals surface area contributed by atoms with Crippen molar-refractivity contribution in [2.45, 2.75) is 26.8 Å². The SMILES string of the molecule is Cc1ccccc1/C=C(/C#N)C(=O)NC(C)C. The van der Waals surface area contributed by atoms with E-state index < -0.39 is 0 Å². The highest BCUT2D eigenvalue weighted by Gasteiger charge is 2.10. The van der Waals surface area contributed by atoms with Gasteiger partial charge in [0.05, 0.1) is 0 Å². The van der Waals surface area contributed by atoms with E-state index in [1.54, 1.807) is 6.08 Å². The summed E-state index contributed by atoms with van der Waals surface area (Å²) in [5.74, 6) is -0.328. The summed E-state index contributed by atoms with van der Waals surface area (Å²) in [5.41, 5.74) is 2.06. The molecular weight excluding hydrogens is 212 g/mol. The number of benzene rings is 1. The first kappa shape index (κ1) is 13.0. The summed E-state index contributed by atoms with van der Waals surface area (Å²) in [6, 6.07) is 9.59. The number of amides is 1. The van der Waals surface area contributed by atoms with Gasteiger partial charge in [-0.3, -0.25) is 4.79 Å². The van der Waals surface area contributed by atoms with Crippen LogP contribution in [0.15, 0.2) is 29.8 Å². The molecule has 0 aliphatic carbocycles. The molecule has 1 aromatic carbocycles. The molecule has 0 atom stereocenters. The van der Waals surface area contributed by atoms with Crippen molar-refractivity contribution < 1.29 is 4.79 Å². The molecule has 88 valence electrons. The Morgan fingerprint density at radius 2 is 2.06 bits per heavy atom. The Labute approximate surface area is 102 Å². The van der Waals surface area contributed by atoms with Gasteiger partial charge in [0.15, 0.2) is 0 Å². The van der Waals surface area contributed by atoms with E-state index in [-0.39, 0.29) is 17.5 Å². The van der Waals surface area contributed by atoms with E-state index in [4.69, 9.17) is 5.26 Å². The third-order valence-corrected chi connectivity index (χ3v) is 2.27. The van der Waals surface area contributed by atoms with E-state index in [2.05, 4.69) is 5.32 Å². The Kier molecular flexibility index (Phi) is 4.47. The van der Waals surface area contributed by atoms with E-state index in [1.807, 2.05) is 51.1 Å². The molecule has 0 spiro atoms. The van der Waals surface area contributed by atoms with Crippen LogP contribution in [-0.4, -0.2) is 11.9 Å². The molecule has 0 heterocycles. The predicted octanol–water partition coefficient (Wildman–Crippen LogP) is 2.43. The lowest BCUT2D eigenvalue weighted by molar-refractivity contribution is -0.117. The van der Waals surface area contributed by atoms with Crippen molar-refractivity contribution in [3.63, 3.8) is 0 Å². The summed E-state index contributed by atoms with van der Waals surface area (Å²) in [6.07, 6.45) is 1.62. The summed E-state index contributed by atoms with van der Waals surface area (Å²) in [6.45, 7) is 5.67. The molecule has 0 saturated heterocycles. The number of nitriles is 1. The fraction of sp³-hybridized carbons (Fsp3) is 0.286. The molecule has 17 heavy (non-hydrogen) atoms. The first-order valence-electron chi connectivity index (χ1n) is 5.53. The van der Waals surface area contributed by atoms with Crippen molar-refractivity contribution >= 4 is 12.0 Å². The quantitative estimate of drug-likeness (QED) is 0.638. The lowest BCUT2D eigenvalue weighted by Gasteiger charge is -2.07. The van der Waals surface area contributed by atoms with E-state index in [0.29, 0.717) is 0 Å². The average Bonchev–Trinajstić information content (AvgIpc) is 2.27. The molecular formula is C14H16N2O. The highest BCUT2D eigenvalue weighted by atomic mass is 16.1. The van der Waals surface area contributed by atoms with Crippen molar-refractivity contribution in [3.8, 4) is 6.07 Å². The van der Waals surface area contributed by atoms with Gasteiger partial charge in [0, 0.05) is 6.04 Å². The number of carbonyl (C=O) groups is 1. The van der Waals surface area contributed by atoms with E-state index in [9.17, 15) is 4.79 Å². The molecule has 3 nitrogen and oxygen atoms in total. The first-order chi connectivity index (χ1) is 8.04. The first-order valence-corrected chi connectivity index (χ1v) is 5.53. The Morgan fingerprint density at radius 1 is 1.41 bits per heavy atom. The van der Waals surface area contributed by atoms with Gasteiger partial charge in [-0.25, -0.2) is 0 Å². The molecule has 1 amide bonds. The van der Waals surface area contributed by atoms with Gasteiger partial charge in [-0.05, 0) is 38.0 Å². The topological polar surface area (TPSA) is 52.9 Å².